The first-order valence-electron chi connectivity index (χ1n) is 6.72. The van der Waals surface area contributed by atoms with E-state index >= 15 is 0 Å². The quantitative estimate of drug-likeness (QED) is 0.715. The number of rotatable bonds is 8. The minimum absolute atomic E-state index is 0.130. The highest BCUT2D eigenvalue weighted by atomic mass is 16.5. The molecule has 0 saturated heterocycles. The second kappa shape index (κ2) is 8.19. The van der Waals surface area contributed by atoms with E-state index in [-0.39, 0.29) is 12.3 Å². The van der Waals surface area contributed by atoms with E-state index < -0.39 is 12.1 Å². The smallest absolute Gasteiger partial charge is 0.303 e. The van der Waals surface area contributed by atoms with Crippen molar-refractivity contribution in [2.24, 2.45) is 0 Å². The van der Waals surface area contributed by atoms with Crippen LogP contribution in [0.5, 0.6) is 5.75 Å². The molecular formula is C15H21NO4. The summed E-state index contributed by atoms with van der Waals surface area (Å²) in [4.78, 5) is 22.1. The van der Waals surface area contributed by atoms with Crippen molar-refractivity contribution in [1.29, 1.82) is 0 Å². The Labute approximate surface area is 118 Å². The number of hydrogen-bond donors (Lipinski definition) is 2. The molecule has 2 N–H and O–H groups in total. The van der Waals surface area contributed by atoms with Gasteiger partial charge < -0.3 is 15.2 Å². The number of benzene rings is 1. The number of ether oxygens (including phenoxy) is 1. The number of carboxylic acid groups (broad SMARTS) is 1. The first-order valence-corrected chi connectivity index (χ1v) is 6.72. The van der Waals surface area contributed by atoms with E-state index in [2.05, 4.69) is 5.32 Å². The van der Waals surface area contributed by atoms with Gasteiger partial charge in [-0.3, -0.25) is 9.59 Å². The van der Waals surface area contributed by atoms with Gasteiger partial charge in [-0.15, -0.1) is 0 Å². The number of carboxylic acids is 1. The molecule has 0 bridgehead atoms. The summed E-state index contributed by atoms with van der Waals surface area (Å²) in [6, 6.07) is 7.52. The van der Waals surface area contributed by atoms with Crippen LogP contribution in [0, 0.1) is 6.92 Å². The van der Waals surface area contributed by atoms with Gasteiger partial charge in [0.25, 0.3) is 5.91 Å². The lowest BCUT2D eigenvalue weighted by Gasteiger charge is -2.15. The van der Waals surface area contributed by atoms with E-state index in [1.54, 1.807) is 6.92 Å². The van der Waals surface area contributed by atoms with Crippen LogP contribution in [0.3, 0.4) is 0 Å². The molecule has 110 valence electrons. The second-order valence-electron chi connectivity index (χ2n) is 4.72. The third-order valence-corrected chi connectivity index (χ3v) is 2.79. The number of unbranched alkanes of at least 4 members (excludes halogenated alkanes) is 1. The lowest BCUT2D eigenvalue weighted by molar-refractivity contribution is -0.137. The zero-order valence-corrected chi connectivity index (χ0v) is 11.9. The van der Waals surface area contributed by atoms with Crippen molar-refractivity contribution in [2.45, 2.75) is 39.2 Å². The molecule has 5 heteroatoms. The highest BCUT2D eigenvalue weighted by Gasteiger charge is 2.13. The van der Waals surface area contributed by atoms with Gasteiger partial charge in [0.15, 0.2) is 6.10 Å². The summed E-state index contributed by atoms with van der Waals surface area (Å²) in [5.41, 5.74) is 1.07. The zero-order chi connectivity index (χ0) is 15.0. The number of hydrogen-bond acceptors (Lipinski definition) is 3. The summed E-state index contributed by atoms with van der Waals surface area (Å²) in [7, 11) is 0. The molecule has 1 atom stereocenters. The number of aliphatic carboxylic acids is 1. The average molecular weight is 279 g/mol. The Morgan fingerprint density at radius 3 is 2.75 bits per heavy atom. The van der Waals surface area contributed by atoms with Crippen molar-refractivity contribution in [3.05, 3.63) is 29.8 Å². The number of aryl methyl sites for hydroxylation is 1. The topological polar surface area (TPSA) is 75.6 Å². The third-order valence-electron chi connectivity index (χ3n) is 2.79. The summed E-state index contributed by atoms with van der Waals surface area (Å²) in [5, 5.41) is 11.2. The highest BCUT2D eigenvalue weighted by Crippen LogP contribution is 2.14. The Hall–Kier alpha value is -2.04. The van der Waals surface area contributed by atoms with Crippen LogP contribution < -0.4 is 10.1 Å². The van der Waals surface area contributed by atoms with Crippen LogP contribution in [0.25, 0.3) is 0 Å². The number of carbonyl (C=O) groups excluding carboxylic acids is 1. The van der Waals surface area contributed by atoms with Crippen LogP contribution in [0.15, 0.2) is 24.3 Å². The van der Waals surface area contributed by atoms with Crippen LogP contribution in [0.1, 0.15) is 31.7 Å². The molecule has 1 unspecified atom stereocenters. The van der Waals surface area contributed by atoms with E-state index in [0.717, 1.165) is 5.56 Å². The maximum absolute atomic E-state index is 11.8. The lowest BCUT2D eigenvalue weighted by atomic mass is 10.2. The molecule has 0 aliphatic carbocycles. The molecule has 0 aromatic heterocycles. The van der Waals surface area contributed by atoms with Crippen LogP contribution in [-0.2, 0) is 9.59 Å². The molecule has 5 nitrogen and oxygen atoms in total. The van der Waals surface area contributed by atoms with Crippen molar-refractivity contribution in [3.63, 3.8) is 0 Å². The molecule has 0 radical (unpaired) electrons. The summed E-state index contributed by atoms with van der Waals surface area (Å²) in [5.74, 6) is -0.340. The van der Waals surface area contributed by atoms with Gasteiger partial charge in [-0.1, -0.05) is 12.1 Å². The van der Waals surface area contributed by atoms with Gasteiger partial charge in [-0.25, -0.2) is 0 Å². The minimum atomic E-state index is -0.813. The van der Waals surface area contributed by atoms with E-state index in [1.165, 1.54) is 0 Å². The van der Waals surface area contributed by atoms with Gasteiger partial charge in [0.2, 0.25) is 0 Å². The van der Waals surface area contributed by atoms with Crippen LogP contribution in [0.4, 0.5) is 0 Å². The van der Waals surface area contributed by atoms with Gasteiger partial charge >= 0.3 is 5.97 Å². The van der Waals surface area contributed by atoms with Crippen molar-refractivity contribution >= 4 is 11.9 Å². The van der Waals surface area contributed by atoms with Crippen molar-refractivity contribution < 1.29 is 19.4 Å². The maximum atomic E-state index is 11.8. The first kappa shape index (κ1) is 16.0. The van der Waals surface area contributed by atoms with Gasteiger partial charge in [0, 0.05) is 13.0 Å². The Balaban J connectivity index is 2.27. The Bertz CT molecular complexity index is 459. The summed E-state index contributed by atoms with van der Waals surface area (Å²) < 4.78 is 5.55. The average Bonchev–Trinajstić information content (AvgIpc) is 2.37. The molecule has 0 spiro atoms. The van der Waals surface area contributed by atoms with Gasteiger partial charge in [-0.05, 0) is 44.4 Å². The summed E-state index contributed by atoms with van der Waals surface area (Å²) in [6.07, 6.45) is 0.764. The van der Waals surface area contributed by atoms with Crippen molar-refractivity contribution in [2.75, 3.05) is 6.54 Å². The van der Waals surface area contributed by atoms with E-state index in [9.17, 15) is 9.59 Å². The van der Waals surface area contributed by atoms with Crippen LogP contribution >= 0.6 is 0 Å². The molecule has 1 aromatic carbocycles. The standard InChI is InChI=1S/C15H21NO4/c1-11-6-5-7-13(10-11)20-12(2)15(19)16-9-4-3-8-14(17)18/h5-7,10,12H,3-4,8-9H2,1-2H3,(H,16,19)(H,17,18). The van der Waals surface area contributed by atoms with Gasteiger partial charge in [0.05, 0.1) is 0 Å². The molecule has 0 fully saturated rings. The van der Waals surface area contributed by atoms with Crippen LogP contribution in [0.2, 0.25) is 0 Å². The molecule has 0 heterocycles. The Kier molecular flexibility index (Phi) is 6.56. The molecular weight excluding hydrogens is 258 g/mol. The van der Waals surface area contributed by atoms with Gasteiger partial charge in [-0.2, -0.15) is 0 Å². The first-order chi connectivity index (χ1) is 9.49. The normalized spacial score (nSPS) is 11.7. The lowest BCUT2D eigenvalue weighted by Crippen LogP contribution is -2.36. The Morgan fingerprint density at radius 1 is 1.35 bits per heavy atom. The van der Waals surface area contributed by atoms with Crippen molar-refractivity contribution in [3.8, 4) is 5.75 Å². The fraction of sp³-hybridized carbons (Fsp3) is 0.467. The van der Waals surface area contributed by atoms with Crippen LogP contribution in [-0.4, -0.2) is 29.6 Å². The fourth-order valence-corrected chi connectivity index (χ4v) is 1.70. The largest absolute Gasteiger partial charge is 0.481 e. The number of carbonyl (C=O) groups is 2. The van der Waals surface area contributed by atoms with Gasteiger partial charge in [0.1, 0.15) is 5.75 Å². The molecule has 1 rings (SSSR count). The number of amides is 1. The molecule has 0 saturated carbocycles. The molecule has 1 amide bonds. The van der Waals surface area contributed by atoms with E-state index in [4.69, 9.17) is 9.84 Å². The Morgan fingerprint density at radius 2 is 2.10 bits per heavy atom. The maximum Gasteiger partial charge on any atom is 0.303 e. The van der Waals surface area contributed by atoms with E-state index in [1.807, 2.05) is 31.2 Å². The fourth-order valence-electron chi connectivity index (χ4n) is 1.70. The summed E-state index contributed by atoms with van der Waals surface area (Å²) in [6.45, 7) is 4.11. The third kappa shape index (κ3) is 6.22. The highest BCUT2D eigenvalue weighted by molar-refractivity contribution is 5.80. The molecule has 1 aromatic rings. The predicted molar refractivity (Wildman–Crippen MR) is 75.8 cm³/mol. The molecule has 0 aliphatic heterocycles. The minimum Gasteiger partial charge on any atom is -0.481 e. The molecule has 0 aliphatic rings. The number of nitrogens with one attached hydrogen (secondary N) is 1. The SMILES string of the molecule is Cc1cccc(OC(C)C(=O)NCCCCC(=O)O)c1. The predicted octanol–water partition coefficient (Wildman–Crippen LogP) is 2.13. The monoisotopic (exact) mass is 279 g/mol. The molecule has 20 heavy (non-hydrogen) atoms. The van der Waals surface area contributed by atoms with E-state index in [0.29, 0.717) is 25.1 Å². The van der Waals surface area contributed by atoms with Crippen molar-refractivity contribution in [1.82, 2.24) is 5.32 Å². The zero-order valence-electron chi connectivity index (χ0n) is 11.9. The second-order valence-corrected chi connectivity index (χ2v) is 4.72. The summed E-state index contributed by atoms with van der Waals surface area (Å²) >= 11 is 0.